The van der Waals surface area contributed by atoms with E-state index >= 15 is 0 Å². The van der Waals surface area contributed by atoms with Gasteiger partial charge < -0.3 is 15.2 Å². The normalized spacial score (nSPS) is 21.6. The number of aromatic nitrogens is 1. The fraction of sp³-hybridized carbons (Fsp3) is 0.667. The summed E-state index contributed by atoms with van der Waals surface area (Å²) in [5, 5.41) is 3.34. The Bertz CT molecular complexity index is 431. The summed E-state index contributed by atoms with van der Waals surface area (Å²) in [7, 11) is 0. The fourth-order valence-electron chi connectivity index (χ4n) is 3.30. The Balaban J connectivity index is 1.84. The van der Waals surface area contributed by atoms with Crippen molar-refractivity contribution < 1.29 is 0 Å². The molecule has 1 aliphatic carbocycles. The molecule has 0 unspecified atom stereocenters. The van der Waals surface area contributed by atoms with Crippen molar-refractivity contribution in [2.45, 2.75) is 38.0 Å². The highest BCUT2D eigenvalue weighted by atomic mass is 16.1. The third kappa shape index (κ3) is 3.00. The zero-order valence-electron chi connectivity index (χ0n) is 11.5. The first-order valence-corrected chi connectivity index (χ1v) is 7.53. The van der Waals surface area contributed by atoms with Gasteiger partial charge >= 0.3 is 0 Å². The van der Waals surface area contributed by atoms with Crippen LogP contribution in [0.2, 0.25) is 0 Å². The summed E-state index contributed by atoms with van der Waals surface area (Å²) in [4.78, 5) is 17.2. The van der Waals surface area contributed by atoms with E-state index in [2.05, 4.69) is 21.3 Å². The van der Waals surface area contributed by atoms with Gasteiger partial charge in [0.25, 0.3) is 0 Å². The maximum atomic E-state index is 11.9. The Labute approximate surface area is 114 Å². The number of piperazine rings is 1. The van der Waals surface area contributed by atoms with Gasteiger partial charge in [-0.05, 0) is 30.4 Å². The number of anilines is 1. The molecule has 19 heavy (non-hydrogen) atoms. The van der Waals surface area contributed by atoms with Crippen LogP contribution in [0.3, 0.4) is 0 Å². The highest BCUT2D eigenvalue weighted by Crippen LogP contribution is 2.32. The molecule has 2 N–H and O–H groups in total. The molecule has 2 fully saturated rings. The molecule has 0 atom stereocenters. The summed E-state index contributed by atoms with van der Waals surface area (Å²) in [5.74, 6) is 1.60. The molecule has 4 nitrogen and oxygen atoms in total. The van der Waals surface area contributed by atoms with Crippen LogP contribution in [-0.2, 0) is 0 Å². The number of nitrogens with one attached hydrogen (secondary N) is 2. The highest BCUT2D eigenvalue weighted by molar-refractivity contribution is 5.42. The van der Waals surface area contributed by atoms with Crippen molar-refractivity contribution in [1.82, 2.24) is 10.3 Å². The van der Waals surface area contributed by atoms with Gasteiger partial charge in [0.05, 0.1) is 0 Å². The van der Waals surface area contributed by atoms with E-state index in [1.165, 1.54) is 37.7 Å². The lowest BCUT2D eigenvalue weighted by Crippen LogP contribution is -2.44. The summed E-state index contributed by atoms with van der Waals surface area (Å²) >= 11 is 0. The molecular formula is C15H23N3O. The molecule has 0 radical (unpaired) electrons. The monoisotopic (exact) mass is 261 g/mol. The SMILES string of the molecule is O=c1cc(C2CCCCC2)cc(N2CCNCC2)[nH]1. The summed E-state index contributed by atoms with van der Waals surface area (Å²) in [6, 6.07) is 4.02. The molecule has 0 spiro atoms. The third-order valence-corrected chi connectivity index (χ3v) is 4.39. The lowest BCUT2D eigenvalue weighted by molar-refractivity contribution is 0.443. The minimum absolute atomic E-state index is 0.0524. The number of hydrogen-bond acceptors (Lipinski definition) is 3. The van der Waals surface area contributed by atoms with E-state index in [9.17, 15) is 4.79 Å². The number of nitrogens with zero attached hydrogens (tertiary/aromatic N) is 1. The second kappa shape index (κ2) is 5.78. The summed E-state index contributed by atoms with van der Waals surface area (Å²) in [6.07, 6.45) is 6.44. The molecule has 1 aromatic heterocycles. The molecule has 3 rings (SSSR count). The topological polar surface area (TPSA) is 48.1 Å². The maximum absolute atomic E-state index is 11.9. The smallest absolute Gasteiger partial charge is 0.249 e. The van der Waals surface area contributed by atoms with Crippen molar-refractivity contribution in [3.05, 3.63) is 28.0 Å². The molecule has 4 heteroatoms. The molecule has 0 aromatic carbocycles. The molecule has 1 aliphatic heterocycles. The van der Waals surface area contributed by atoms with Gasteiger partial charge in [0.1, 0.15) is 5.82 Å². The van der Waals surface area contributed by atoms with Crippen LogP contribution in [0.4, 0.5) is 5.82 Å². The Kier molecular flexibility index (Phi) is 3.87. The average Bonchev–Trinajstić information content (AvgIpc) is 2.48. The molecular weight excluding hydrogens is 238 g/mol. The van der Waals surface area contributed by atoms with E-state index < -0.39 is 0 Å². The number of H-pyrrole nitrogens is 1. The lowest BCUT2D eigenvalue weighted by atomic mass is 9.84. The zero-order chi connectivity index (χ0) is 13.1. The first kappa shape index (κ1) is 12.7. The molecule has 104 valence electrons. The first-order valence-electron chi connectivity index (χ1n) is 7.53. The Morgan fingerprint density at radius 1 is 1.05 bits per heavy atom. The Morgan fingerprint density at radius 3 is 2.53 bits per heavy atom. The van der Waals surface area contributed by atoms with Crippen molar-refractivity contribution in [1.29, 1.82) is 0 Å². The van der Waals surface area contributed by atoms with Gasteiger partial charge in [0.15, 0.2) is 0 Å². The fourth-order valence-corrected chi connectivity index (χ4v) is 3.30. The van der Waals surface area contributed by atoms with Gasteiger partial charge in [-0.1, -0.05) is 19.3 Å². The standard InChI is InChI=1S/C15H23N3O/c19-15-11-13(12-4-2-1-3-5-12)10-14(17-15)18-8-6-16-7-9-18/h10-12,16H,1-9H2,(H,17,19). The van der Waals surface area contributed by atoms with Crippen molar-refractivity contribution in [2.75, 3.05) is 31.1 Å². The van der Waals surface area contributed by atoms with E-state index in [1.807, 2.05) is 6.07 Å². The van der Waals surface area contributed by atoms with Crippen LogP contribution in [-0.4, -0.2) is 31.2 Å². The molecule has 0 bridgehead atoms. The lowest BCUT2D eigenvalue weighted by Gasteiger charge is -2.30. The molecule has 2 aliphatic rings. The molecule has 1 aromatic rings. The molecule has 1 saturated heterocycles. The maximum Gasteiger partial charge on any atom is 0.249 e. The van der Waals surface area contributed by atoms with Crippen LogP contribution >= 0.6 is 0 Å². The van der Waals surface area contributed by atoms with Crippen molar-refractivity contribution in [3.63, 3.8) is 0 Å². The van der Waals surface area contributed by atoms with Gasteiger partial charge in [-0.2, -0.15) is 0 Å². The second-order valence-electron chi connectivity index (χ2n) is 5.74. The number of rotatable bonds is 2. The molecule has 2 heterocycles. The van der Waals surface area contributed by atoms with Crippen LogP contribution < -0.4 is 15.8 Å². The number of aromatic amines is 1. The molecule has 0 amide bonds. The van der Waals surface area contributed by atoms with Crippen LogP contribution in [0.5, 0.6) is 0 Å². The van der Waals surface area contributed by atoms with Gasteiger partial charge in [0, 0.05) is 32.2 Å². The molecule has 1 saturated carbocycles. The predicted molar refractivity (Wildman–Crippen MR) is 78.0 cm³/mol. The van der Waals surface area contributed by atoms with Gasteiger partial charge in [-0.15, -0.1) is 0 Å². The summed E-state index contributed by atoms with van der Waals surface area (Å²) in [5.41, 5.74) is 1.30. The number of hydrogen-bond donors (Lipinski definition) is 2. The zero-order valence-corrected chi connectivity index (χ0v) is 11.5. The number of pyridine rings is 1. The third-order valence-electron chi connectivity index (χ3n) is 4.39. The van der Waals surface area contributed by atoms with Gasteiger partial charge in [-0.3, -0.25) is 4.79 Å². The highest BCUT2D eigenvalue weighted by Gasteiger charge is 2.18. The van der Waals surface area contributed by atoms with E-state index in [4.69, 9.17) is 0 Å². The van der Waals surface area contributed by atoms with Crippen LogP contribution in [0.1, 0.15) is 43.6 Å². The van der Waals surface area contributed by atoms with Crippen LogP contribution in [0, 0.1) is 0 Å². The summed E-state index contributed by atoms with van der Waals surface area (Å²) < 4.78 is 0. The second-order valence-corrected chi connectivity index (χ2v) is 5.74. The quantitative estimate of drug-likeness (QED) is 0.854. The van der Waals surface area contributed by atoms with Crippen molar-refractivity contribution in [3.8, 4) is 0 Å². The first-order chi connectivity index (χ1) is 9.33. The van der Waals surface area contributed by atoms with Crippen molar-refractivity contribution in [2.24, 2.45) is 0 Å². The van der Waals surface area contributed by atoms with Crippen molar-refractivity contribution >= 4 is 5.82 Å². The Morgan fingerprint density at radius 2 is 1.79 bits per heavy atom. The van der Waals surface area contributed by atoms with E-state index in [1.54, 1.807) is 0 Å². The minimum Gasteiger partial charge on any atom is -0.356 e. The van der Waals surface area contributed by atoms with Gasteiger partial charge in [-0.25, -0.2) is 0 Å². The predicted octanol–water partition coefficient (Wildman–Crippen LogP) is 1.83. The average molecular weight is 261 g/mol. The Hall–Kier alpha value is -1.29. The van der Waals surface area contributed by atoms with Gasteiger partial charge in [0.2, 0.25) is 5.56 Å². The van der Waals surface area contributed by atoms with E-state index in [0.29, 0.717) is 5.92 Å². The van der Waals surface area contributed by atoms with Crippen LogP contribution in [0.25, 0.3) is 0 Å². The minimum atomic E-state index is 0.0524. The largest absolute Gasteiger partial charge is 0.356 e. The van der Waals surface area contributed by atoms with E-state index in [-0.39, 0.29) is 5.56 Å². The van der Waals surface area contributed by atoms with Crippen LogP contribution in [0.15, 0.2) is 16.9 Å². The van der Waals surface area contributed by atoms with E-state index in [0.717, 1.165) is 32.0 Å². The summed E-state index contributed by atoms with van der Waals surface area (Å²) in [6.45, 7) is 3.94.